The predicted octanol–water partition coefficient (Wildman–Crippen LogP) is 3.82. The molecular formula is C18H15N3O2. The summed E-state index contributed by atoms with van der Waals surface area (Å²) in [6.07, 6.45) is 4.13. The van der Waals surface area contributed by atoms with E-state index >= 15 is 0 Å². The molecular weight excluding hydrogens is 290 g/mol. The van der Waals surface area contributed by atoms with E-state index in [-0.39, 0.29) is 0 Å². The van der Waals surface area contributed by atoms with Crippen LogP contribution in [0.15, 0.2) is 59.3 Å². The Morgan fingerprint density at radius 1 is 1.17 bits per heavy atom. The Morgan fingerprint density at radius 3 is 2.96 bits per heavy atom. The minimum Gasteiger partial charge on any atom is -0.497 e. The van der Waals surface area contributed by atoms with Crippen molar-refractivity contribution in [2.75, 3.05) is 7.11 Å². The average molecular weight is 305 g/mol. The predicted molar refractivity (Wildman–Crippen MR) is 87.4 cm³/mol. The Kier molecular flexibility index (Phi) is 3.31. The highest BCUT2D eigenvalue weighted by atomic mass is 16.5. The minimum atomic E-state index is 0.698. The van der Waals surface area contributed by atoms with Gasteiger partial charge in [-0.2, -0.15) is 0 Å². The van der Waals surface area contributed by atoms with E-state index in [0.717, 1.165) is 34.0 Å². The van der Waals surface area contributed by atoms with Crippen molar-refractivity contribution in [2.45, 2.75) is 6.42 Å². The number of hydrogen-bond acceptors (Lipinski definition) is 4. The summed E-state index contributed by atoms with van der Waals surface area (Å²) in [5.41, 5.74) is 3.67. The molecule has 114 valence electrons. The van der Waals surface area contributed by atoms with Crippen molar-refractivity contribution in [1.29, 1.82) is 0 Å². The van der Waals surface area contributed by atoms with E-state index in [2.05, 4.69) is 21.0 Å². The molecule has 0 bridgehead atoms. The second-order valence-corrected chi connectivity index (χ2v) is 5.28. The molecule has 0 aliphatic heterocycles. The lowest BCUT2D eigenvalue weighted by molar-refractivity contribution is 0.414. The van der Waals surface area contributed by atoms with E-state index in [1.807, 2.05) is 36.4 Å². The van der Waals surface area contributed by atoms with E-state index in [4.69, 9.17) is 9.15 Å². The molecule has 3 heterocycles. The van der Waals surface area contributed by atoms with Crippen molar-refractivity contribution in [2.24, 2.45) is 0 Å². The smallest absolute Gasteiger partial charge is 0.177 e. The zero-order valence-electron chi connectivity index (χ0n) is 12.6. The Morgan fingerprint density at radius 2 is 2.13 bits per heavy atom. The zero-order chi connectivity index (χ0) is 15.6. The molecule has 0 amide bonds. The summed E-state index contributed by atoms with van der Waals surface area (Å²) in [4.78, 5) is 12.3. The maximum atomic E-state index is 5.41. The summed E-state index contributed by atoms with van der Waals surface area (Å²) in [6.45, 7) is 0. The highest BCUT2D eigenvalue weighted by molar-refractivity contribution is 5.76. The first-order valence-corrected chi connectivity index (χ1v) is 7.33. The number of nitrogens with zero attached hydrogens (tertiary/aromatic N) is 2. The first kappa shape index (κ1) is 13.6. The van der Waals surface area contributed by atoms with Crippen molar-refractivity contribution >= 4 is 11.2 Å². The maximum Gasteiger partial charge on any atom is 0.177 e. The van der Waals surface area contributed by atoms with Crippen LogP contribution in [0.25, 0.3) is 22.5 Å². The number of ether oxygens (including phenoxy) is 1. The molecule has 0 saturated heterocycles. The van der Waals surface area contributed by atoms with Crippen LogP contribution < -0.4 is 4.74 Å². The maximum absolute atomic E-state index is 5.41. The molecule has 23 heavy (non-hydrogen) atoms. The normalized spacial score (nSPS) is 11.0. The van der Waals surface area contributed by atoms with E-state index in [1.165, 1.54) is 0 Å². The summed E-state index contributed by atoms with van der Waals surface area (Å²) in [5.74, 6) is 2.51. The summed E-state index contributed by atoms with van der Waals surface area (Å²) in [6, 6.07) is 13.7. The van der Waals surface area contributed by atoms with Crippen LogP contribution in [0, 0.1) is 0 Å². The van der Waals surface area contributed by atoms with Crippen molar-refractivity contribution in [1.82, 2.24) is 15.0 Å². The number of imidazole rings is 1. The standard InChI is InChI=1S/C18H15N3O2/c1-22-14-5-2-4-12(8-14)9-17-20-15-10-13(11-19-18(15)21-17)16-6-3-7-23-16/h2-8,10-11H,9H2,1H3,(H,19,20,21). The molecule has 0 fully saturated rings. The van der Waals surface area contributed by atoms with Crippen LogP contribution in [0.4, 0.5) is 0 Å². The minimum absolute atomic E-state index is 0.698. The lowest BCUT2D eigenvalue weighted by atomic mass is 10.1. The van der Waals surface area contributed by atoms with Gasteiger partial charge in [-0.3, -0.25) is 0 Å². The van der Waals surface area contributed by atoms with E-state index in [9.17, 15) is 0 Å². The third-order valence-electron chi connectivity index (χ3n) is 3.70. The number of aromatic amines is 1. The van der Waals surface area contributed by atoms with Crippen LogP contribution in [-0.4, -0.2) is 22.1 Å². The number of nitrogens with one attached hydrogen (secondary N) is 1. The molecule has 4 aromatic rings. The quantitative estimate of drug-likeness (QED) is 0.622. The van der Waals surface area contributed by atoms with Gasteiger partial charge in [0.05, 0.1) is 18.9 Å². The highest BCUT2D eigenvalue weighted by Crippen LogP contribution is 2.23. The second-order valence-electron chi connectivity index (χ2n) is 5.28. The molecule has 0 atom stereocenters. The summed E-state index contributed by atoms with van der Waals surface area (Å²) < 4.78 is 10.7. The van der Waals surface area contributed by atoms with Gasteiger partial charge >= 0.3 is 0 Å². The molecule has 0 radical (unpaired) electrons. The molecule has 3 aromatic heterocycles. The third-order valence-corrected chi connectivity index (χ3v) is 3.70. The van der Waals surface area contributed by atoms with Crippen LogP contribution in [0.3, 0.4) is 0 Å². The number of aromatic nitrogens is 3. The van der Waals surface area contributed by atoms with Crippen molar-refractivity contribution in [3.05, 3.63) is 66.3 Å². The second kappa shape index (κ2) is 5.61. The van der Waals surface area contributed by atoms with Gasteiger partial charge in [-0.25, -0.2) is 9.97 Å². The highest BCUT2D eigenvalue weighted by Gasteiger charge is 2.08. The fourth-order valence-electron chi connectivity index (χ4n) is 2.59. The fourth-order valence-corrected chi connectivity index (χ4v) is 2.59. The number of furan rings is 1. The average Bonchev–Trinajstić information content (AvgIpc) is 3.23. The molecule has 1 aromatic carbocycles. The molecule has 0 spiro atoms. The first-order chi connectivity index (χ1) is 11.3. The summed E-state index contributed by atoms with van der Waals surface area (Å²) in [7, 11) is 1.67. The number of benzene rings is 1. The van der Waals surface area contributed by atoms with Gasteiger partial charge < -0.3 is 14.1 Å². The van der Waals surface area contributed by atoms with Gasteiger partial charge in [0.2, 0.25) is 0 Å². The number of rotatable bonds is 4. The van der Waals surface area contributed by atoms with Gasteiger partial charge in [0.25, 0.3) is 0 Å². The van der Waals surface area contributed by atoms with E-state index < -0.39 is 0 Å². The zero-order valence-corrected chi connectivity index (χ0v) is 12.6. The van der Waals surface area contributed by atoms with Crippen LogP contribution in [0.1, 0.15) is 11.4 Å². The van der Waals surface area contributed by atoms with Gasteiger partial charge in [0.1, 0.15) is 17.3 Å². The summed E-state index contributed by atoms with van der Waals surface area (Å²) >= 11 is 0. The Labute approximate surface area is 133 Å². The van der Waals surface area contributed by atoms with E-state index in [0.29, 0.717) is 12.1 Å². The van der Waals surface area contributed by atoms with Gasteiger partial charge in [0, 0.05) is 18.2 Å². The van der Waals surface area contributed by atoms with Crippen molar-refractivity contribution in [3.63, 3.8) is 0 Å². The largest absolute Gasteiger partial charge is 0.497 e. The molecule has 5 heteroatoms. The van der Waals surface area contributed by atoms with Gasteiger partial charge in [-0.15, -0.1) is 0 Å². The van der Waals surface area contributed by atoms with Gasteiger partial charge in [0.15, 0.2) is 5.65 Å². The fraction of sp³-hybridized carbons (Fsp3) is 0.111. The molecule has 0 unspecified atom stereocenters. The van der Waals surface area contributed by atoms with Gasteiger partial charge in [-0.05, 0) is 35.9 Å². The molecule has 0 aliphatic rings. The number of fused-ring (bicyclic) bond motifs is 1. The number of H-pyrrole nitrogens is 1. The van der Waals surface area contributed by atoms with Crippen LogP contribution in [-0.2, 0) is 6.42 Å². The molecule has 5 nitrogen and oxygen atoms in total. The summed E-state index contributed by atoms with van der Waals surface area (Å²) in [5, 5.41) is 0. The van der Waals surface area contributed by atoms with Crippen molar-refractivity contribution in [3.8, 4) is 17.1 Å². The molecule has 4 rings (SSSR count). The molecule has 0 aliphatic carbocycles. The van der Waals surface area contributed by atoms with Crippen LogP contribution >= 0.6 is 0 Å². The number of methoxy groups -OCH3 is 1. The van der Waals surface area contributed by atoms with Crippen molar-refractivity contribution < 1.29 is 9.15 Å². The first-order valence-electron chi connectivity index (χ1n) is 7.33. The lowest BCUT2D eigenvalue weighted by Crippen LogP contribution is -1.91. The molecule has 1 N–H and O–H groups in total. The van der Waals surface area contributed by atoms with Gasteiger partial charge in [-0.1, -0.05) is 12.1 Å². The lowest BCUT2D eigenvalue weighted by Gasteiger charge is -2.02. The van der Waals surface area contributed by atoms with E-state index in [1.54, 1.807) is 19.6 Å². The van der Waals surface area contributed by atoms with Crippen LogP contribution in [0.2, 0.25) is 0 Å². The SMILES string of the molecule is COc1cccc(Cc2nc3ncc(-c4ccco4)cc3[nH]2)c1. The Bertz CT molecular complexity index is 942. The number of pyridine rings is 1. The third kappa shape index (κ3) is 2.68. The topological polar surface area (TPSA) is 63.9 Å². The number of hydrogen-bond donors (Lipinski definition) is 1. The van der Waals surface area contributed by atoms with Crippen LogP contribution in [0.5, 0.6) is 5.75 Å². The Hall–Kier alpha value is -3.08. The Balaban J connectivity index is 1.66. The monoisotopic (exact) mass is 305 g/mol. The molecule has 0 saturated carbocycles.